The summed E-state index contributed by atoms with van der Waals surface area (Å²) in [6.45, 7) is 5.11. The van der Waals surface area contributed by atoms with Gasteiger partial charge in [0.2, 0.25) is 0 Å². The maximum atomic E-state index is 13.2. The van der Waals surface area contributed by atoms with Crippen molar-refractivity contribution in [2.24, 2.45) is 0 Å². The van der Waals surface area contributed by atoms with Crippen LogP contribution >= 0.6 is 11.3 Å². The Labute approximate surface area is 201 Å². The van der Waals surface area contributed by atoms with Crippen molar-refractivity contribution < 1.29 is 13.9 Å². The zero-order valence-electron chi connectivity index (χ0n) is 18.9. The van der Waals surface area contributed by atoms with Crippen LogP contribution in [0.25, 0.3) is 10.2 Å². The van der Waals surface area contributed by atoms with E-state index in [-0.39, 0.29) is 11.9 Å². The minimum absolute atomic E-state index is 0.0855. The number of anilines is 3. The Kier molecular flexibility index (Phi) is 5.86. The van der Waals surface area contributed by atoms with Crippen molar-refractivity contribution in [2.45, 2.75) is 25.3 Å². The van der Waals surface area contributed by atoms with E-state index in [1.807, 2.05) is 18.3 Å². The lowest BCUT2D eigenvalue weighted by Crippen LogP contribution is -2.36. The first-order valence-corrected chi connectivity index (χ1v) is 12.7. The van der Waals surface area contributed by atoms with Crippen molar-refractivity contribution in [1.82, 2.24) is 15.8 Å². The minimum Gasteiger partial charge on any atom is -0.454 e. The van der Waals surface area contributed by atoms with E-state index in [4.69, 9.17) is 14.1 Å². The highest BCUT2D eigenvalue weighted by molar-refractivity contribution is 7.22. The number of carbonyl (C=O) groups is 1. The van der Waals surface area contributed by atoms with Crippen LogP contribution in [0, 0.1) is 0 Å². The molecule has 2 saturated heterocycles. The van der Waals surface area contributed by atoms with E-state index in [2.05, 4.69) is 38.1 Å². The number of carbonyl (C=O) groups excluding carboxylic acids is 1. The molecule has 178 valence electrons. The van der Waals surface area contributed by atoms with Crippen molar-refractivity contribution in [3.63, 3.8) is 0 Å². The molecule has 0 saturated carbocycles. The van der Waals surface area contributed by atoms with Crippen LogP contribution in [-0.2, 0) is 4.74 Å². The first-order chi connectivity index (χ1) is 16.7. The number of nitrogens with zero attached hydrogens (tertiary/aromatic N) is 3. The lowest BCUT2D eigenvalue weighted by Gasteiger charge is -2.30. The van der Waals surface area contributed by atoms with Gasteiger partial charge in [-0.05, 0) is 49.6 Å². The van der Waals surface area contributed by atoms with Gasteiger partial charge in [-0.1, -0.05) is 11.3 Å². The van der Waals surface area contributed by atoms with Crippen LogP contribution < -0.4 is 26.0 Å². The number of morpholine rings is 1. The molecule has 2 aromatic heterocycles. The van der Waals surface area contributed by atoms with Gasteiger partial charge in [-0.15, -0.1) is 0 Å². The molecule has 5 heterocycles. The fourth-order valence-corrected chi connectivity index (χ4v) is 5.70. The summed E-state index contributed by atoms with van der Waals surface area (Å²) in [4.78, 5) is 22.7. The molecule has 10 heteroatoms. The zero-order chi connectivity index (χ0) is 22.9. The van der Waals surface area contributed by atoms with Crippen molar-refractivity contribution in [2.75, 3.05) is 54.5 Å². The lowest BCUT2D eigenvalue weighted by atomic mass is 10.1. The molecule has 6 rings (SSSR count). The highest BCUT2D eigenvalue weighted by Crippen LogP contribution is 2.38. The molecule has 1 unspecified atom stereocenters. The number of aromatic nitrogens is 1. The average molecular weight is 481 g/mol. The zero-order valence-corrected chi connectivity index (χ0v) is 19.7. The van der Waals surface area contributed by atoms with Gasteiger partial charge in [-0.25, -0.2) is 10.4 Å². The molecular weight excluding hydrogens is 452 g/mol. The Morgan fingerprint density at radius 2 is 1.94 bits per heavy atom. The summed E-state index contributed by atoms with van der Waals surface area (Å²) in [5, 5.41) is 4.13. The number of benzene rings is 1. The van der Waals surface area contributed by atoms with E-state index in [0.717, 1.165) is 79.0 Å². The molecule has 1 aromatic carbocycles. The third-order valence-electron chi connectivity index (χ3n) is 6.49. The Bertz CT molecular complexity index is 1210. The Balaban J connectivity index is 1.31. The first-order valence-electron chi connectivity index (χ1n) is 11.9. The number of rotatable bonds is 5. The average Bonchev–Trinajstić information content (AvgIpc) is 3.65. The second-order valence-corrected chi connectivity index (χ2v) is 9.77. The summed E-state index contributed by atoms with van der Waals surface area (Å²) in [6.07, 6.45) is 7.30. The highest BCUT2D eigenvalue weighted by atomic mass is 32.1. The maximum Gasteiger partial charge on any atom is 0.291 e. The maximum absolute atomic E-state index is 13.2. The summed E-state index contributed by atoms with van der Waals surface area (Å²) < 4.78 is 12.4. The molecular formula is C24H28N6O3S. The van der Waals surface area contributed by atoms with Gasteiger partial charge in [0.05, 0.1) is 34.8 Å². The molecule has 1 atom stereocenters. The highest BCUT2D eigenvalue weighted by Gasteiger charge is 2.23. The van der Waals surface area contributed by atoms with Gasteiger partial charge in [-0.3, -0.25) is 4.79 Å². The number of hydrogen-bond donors (Lipinski definition) is 3. The molecule has 0 bridgehead atoms. The number of thiazole rings is 1. The molecule has 0 aliphatic carbocycles. The summed E-state index contributed by atoms with van der Waals surface area (Å²) in [5.74, 6) is 0.729. The molecule has 0 radical (unpaired) electrons. The van der Waals surface area contributed by atoms with Gasteiger partial charge < -0.3 is 29.7 Å². The van der Waals surface area contributed by atoms with Crippen LogP contribution in [0.1, 0.15) is 41.6 Å². The number of fused-ring (bicyclic) bond motifs is 1. The van der Waals surface area contributed by atoms with E-state index in [9.17, 15) is 4.79 Å². The quantitative estimate of drug-likeness (QED) is 0.510. The Hall–Kier alpha value is -3.08. The van der Waals surface area contributed by atoms with E-state index < -0.39 is 0 Å². The molecule has 3 aliphatic heterocycles. The van der Waals surface area contributed by atoms with Crippen molar-refractivity contribution in [3.05, 3.63) is 48.1 Å². The number of ether oxygens (including phenoxy) is 1. The summed E-state index contributed by atoms with van der Waals surface area (Å²) in [5.41, 5.74) is 8.78. The molecule has 1 amide bonds. The Morgan fingerprint density at radius 3 is 2.74 bits per heavy atom. The number of amides is 1. The van der Waals surface area contributed by atoms with Crippen molar-refractivity contribution in [3.8, 4) is 0 Å². The lowest BCUT2D eigenvalue weighted by molar-refractivity contribution is 0.0994. The summed E-state index contributed by atoms with van der Waals surface area (Å²) in [6, 6.07) is 7.66. The monoisotopic (exact) mass is 480 g/mol. The predicted molar refractivity (Wildman–Crippen MR) is 134 cm³/mol. The predicted octanol–water partition coefficient (Wildman–Crippen LogP) is 3.63. The minimum atomic E-state index is -0.253. The van der Waals surface area contributed by atoms with Crippen molar-refractivity contribution in [1.29, 1.82) is 0 Å². The van der Waals surface area contributed by atoms with Gasteiger partial charge in [0, 0.05) is 32.4 Å². The Morgan fingerprint density at radius 1 is 1.09 bits per heavy atom. The van der Waals surface area contributed by atoms with Gasteiger partial charge in [0.25, 0.3) is 5.91 Å². The summed E-state index contributed by atoms with van der Waals surface area (Å²) >= 11 is 1.66. The largest absolute Gasteiger partial charge is 0.454 e. The van der Waals surface area contributed by atoms with E-state index in [1.165, 1.54) is 6.42 Å². The van der Waals surface area contributed by atoms with Gasteiger partial charge in [-0.2, -0.15) is 0 Å². The fraction of sp³-hybridized carbons (Fsp3) is 0.417. The molecule has 9 nitrogen and oxygen atoms in total. The van der Waals surface area contributed by atoms with E-state index in [0.29, 0.717) is 11.5 Å². The summed E-state index contributed by atoms with van der Waals surface area (Å²) in [7, 11) is 0. The van der Waals surface area contributed by atoms with E-state index >= 15 is 0 Å². The van der Waals surface area contributed by atoms with Crippen molar-refractivity contribution >= 4 is 44.0 Å². The van der Waals surface area contributed by atoms with Gasteiger partial charge in [0.1, 0.15) is 11.8 Å². The molecule has 3 N–H and O–H groups in total. The standard InChI is InChI=1S/C24H28N6O3S/c31-23(21-5-4-20(33-21)16-6-7-25-28-16)26-17-15-22-18(14-19(17)29-8-2-1-3-9-29)27-24(34-22)30-10-12-32-13-11-30/h4-7,14-16,25,28H,1-3,8-13H2,(H,26,31). The second kappa shape index (κ2) is 9.28. The number of nitrogens with one attached hydrogen (secondary N) is 3. The fourth-order valence-electron chi connectivity index (χ4n) is 4.66. The van der Waals surface area contributed by atoms with Crippen LogP contribution in [0.2, 0.25) is 0 Å². The first kappa shape index (κ1) is 21.5. The molecule has 3 aromatic rings. The SMILES string of the molecule is O=C(Nc1cc2sc(N3CCOCC3)nc2cc1N1CCCCC1)c1ccc(C2C=CNN2)o1. The van der Waals surface area contributed by atoms with Crippen LogP contribution in [0.4, 0.5) is 16.5 Å². The van der Waals surface area contributed by atoms with E-state index in [1.54, 1.807) is 17.4 Å². The molecule has 0 spiro atoms. The van der Waals surface area contributed by atoms with Crippen LogP contribution in [0.3, 0.4) is 0 Å². The number of piperidine rings is 1. The van der Waals surface area contributed by atoms with Gasteiger partial charge in [0.15, 0.2) is 10.9 Å². The van der Waals surface area contributed by atoms with Crippen LogP contribution in [0.15, 0.2) is 41.0 Å². The molecule has 3 aliphatic rings. The number of hydrogen-bond acceptors (Lipinski definition) is 9. The number of hydrazine groups is 1. The smallest absolute Gasteiger partial charge is 0.291 e. The molecule has 2 fully saturated rings. The van der Waals surface area contributed by atoms with Crippen LogP contribution in [0.5, 0.6) is 0 Å². The second-order valence-electron chi connectivity index (χ2n) is 8.76. The third-order valence-corrected chi connectivity index (χ3v) is 7.57. The topological polar surface area (TPSA) is 94.9 Å². The number of furan rings is 1. The third kappa shape index (κ3) is 4.24. The van der Waals surface area contributed by atoms with Crippen LogP contribution in [-0.4, -0.2) is 50.3 Å². The normalized spacial score (nSPS) is 20.6. The van der Waals surface area contributed by atoms with Gasteiger partial charge >= 0.3 is 0 Å². The molecule has 34 heavy (non-hydrogen) atoms.